The van der Waals surface area contributed by atoms with Crippen LogP contribution in [0.1, 0.15) is 0 Å². The van der Waals surface area contributed by atoms with E-state index in [-0.39, 0.29) is 0 Å². The van der Waals surface area contributed by atoms with Gasteiger partial charge in [0, 0.05) is 28.5 Å². The van der Waals surface area contributed by atoms with Crippen LogP contribution in [0.3, 0.4) is 0 Å². The van der Waals surface area contributed by atoms with Gasteiger partial charge in [0.05, 0.1) is 7.11 Å². The molecule has 0 saturated heterocycles. The van der Waals surface area contributed by atoms with Gasteiger partial charge in [-0.1, -0.05) is 0 Å². The lowest BCUT2D eigenvalue weighted by Crippen LogP contribution is -1.93. The van der Waals surface area contributed by atoms with Crippen LogP contribution in [0.4, 0.5) is 0 Å². The molecule has 0 aromatic heterocycles. The molecule has 7 heavy (non-hydrogen) atoms. The Hall–Kier alpha value is -0.240. The zero-order valence-electron chi connectivity index (χ0n) is 3.69. The van der Waals surface area contributed by atoms with E-state index in [0.717, 1.165) is 0 Å². The van der Waals surface area contributed by atoms with E-state index in [4.69, 9.17) is 0 Å². The predicted octanol–water partition coefficient (Wildman–Crippen LogP) is 0.555. The molecule has 0 aromatic rings. The molecular formula is C4H3IO2. The van der Waals surface area contributed by atoms with Gasteiger partial charge in [-0.2, -0.15) is 0 Å². The van der Waals surface area contributed by atoms with Gasteiger partial charge in [-0.05, 0) is 3.93 Å². The number of hydrogen-bond donors (Lipinski definition) is 0. The number of methoxy groups -OCH3 is 1. The molecule has 0 spiro atoms. The summed E-state index contributed by atoms with van der Waals surface area (Å²) in [5.41, 5.74) is 0. The quantitative estimate of drug-likeness (QED) is 0.331. The van der Waals surface area contributed by atoms with E-state index in [1.807, 2.05) is 0 Å². The number of halogens is 1. The van der Waals surface area contributed by atoms with Crippen molar-refractivity contribution in [2.24, 2.45) is 0 Å². The summed E-state index contributed by atoms with van der Waals surface area (Å²) in [6, 6.07) is 0. The topological polar surface area (TPSA) is 26.3 Å². The normalized spacial score (nSPS) is 6.00. The smallest absolute Gasteiger partial charge is 0.384 e. The summed E-state index contributed by atoms with van der Waals surface area (Å²) in [4.78, 5) is 10.0. The molecule has 0 rings (SSSR count). The minimum Gasteiger partial charge on any atom is -0.459 e. The minimum atomic E-state index is -0.491. The van der Waals surface area contributed by atoms with Gasteiger partial charge in [0.25, 0.3) is 0 Å². The van der Waals surface area contributed by atoms with E-state index in [1.165, 1.54) is 7.11 Å². The number of ether oxygens (including phenoxy) is 1. The van der Waals surface area contributed by atoms with Crippen LogP contribution in [-0.4, -0.2) is 13.1 Å². The Kier molecular flexibility index (Phi) is 3.80. The van der Waals surface area contributed by atoms with Gasteiger partial charge in [0.1, 0.15) is 0 Å². The molecule has 0 aliphatic carbocycles. The Bertz CT molecular complexity index is 119. The van der Waals surface area contributed by atoms with E-state index >= 15 is 0 Å². The van der Waals surface area contributed by atoms with Crippen molar-refractivity contribution in [2.45, 2.75) is 0 Å². The maximum Gasteiger partial charge on any atom is 0.384 e. The van der Waals surface area contributed by atoms with Gasteiger partial charge in [-0.3, -0.25) is 0 Å². The average Bonchev–Trinajstić information content (AvgIpc) is 1.68. The fourth-order valence-corrected chi connectivity index (χ4v) is 0.310. The first-order valence-corrected chi connectivity index (χ1v) is 2.58. The molecule has 0 radical (unpaired) electrons. The largest absolute Gasteiger partial charge is 0.459 e. The van der Waals surface area contributed by atoms with Crippen LogP contribution in [0, 0.1) is 9.85 Å². The lowest BCUT2D eigenvalue weighted by Gasteiger charge is -1.80. The Morgan fingerprint density at radius 1 is 1.86 bits per heavy atom. The van der Waals surface area contributed by atoms with E-state index in [9.17, 15) is 4.79 Å². The van der Waals surface area contributed by atoms with Gasteiger partial charge < -0.3 is 4.74 Å². The summed E-state index contributed by atoms with van der Waals surface area (Å²) >= 11 is 1.76. The maximum atomic E-state index is 10.0. The first-order chi connectivity index (χ1) is 3.31. The van der Waals surface area contributed by atoms with Crippen molar-refractivity contribution < 1.29 is 9.53 Å². The Morgan fingerprint density at radius 3 is 2.57 bits per heavy atom. The van der Waals surface area contributed by atoms with Gasteiger partial charge in [-0.15, -0.1) is 0 Å². The molecule has 0 aromatic carbocycles. The van der Waals surface area contributed by atoms with Gasteiger partial charge >= 0.3 is 5.97 Å². The zero-order chi connectivity index (χ0) is 5.70. The monoisotopic (exact) mass is 210 g/mol. The highest BCUT2D eigenvalue weighted by atomic mass is 127. The molecule has 0 atom stereocenters. The molecule has 3 heteroatoms. The van der Waals surface area contributed by atoms with Crippen LogP contribution in [-0.2, 0) is 9.53 Å². The van der Waals surface area contributed by atoms with Crippen LogP contribution < -0.4 is 0 Å². The fraction of sp³-hybridized carbons (Fsp3) is 0.250. The fourth-order valence-electron chi connectivity index (χ4n) is 0.0896. The van der Waals surface area contributed by atoms with Crippen LogP contribution in [0.25, 0.3) is 0 Å². The van der Waals surface area contributed by atoms with Gasteiger partial charge in [0.15, 0.2) is 0 Å². The second kappa shape index (κ2) is 3.93. The van der Waals surface area contributed by atoms with Crippen LogP contribution >= 0.6 is 22.6 Å². The average molecular weight is 210 g/mol. The van der Waals surface area contributed by atoms with Crippen molar-refractivity contribution in [3.63, 3.8) is 0 Å². The highest BCUT2D eigenvalue weighted by molar-refractivity contribution is 14.1. The van der Waals surface area contributed by atoms with Crippen molar-refractivity contribution in [1.82, 2.24) is 0 Å². The zero-order valence-corrected chi connectivity index (χ0v) is 5.85. The highest BCUT2D eigenvalue weighted by Gasteiger charge is 1.84. The molecule has 0 saturated carbocycles. The summed E-state index contributed by atoms with van der Waals surface area (Å²) < 4.78 is 6.54. The summed E-state index contributed by atoms with van der Waals surface area (Å²) in [7, 11) is 1.29. The van der Waals surface area contributed by atoms with Crippen LogP contribution in [0.15, 0.2) is 0 Å². The van der Waals surface area contributed by atoms with Gasteiger partial charge in [0.2, 0.25) is 0 Å². The highest BCUT2D eigenvalue weighted by Crippen LogP contribution is 1.72. The summed E-state index contributed by atoms with van der Waals surface area (Å²) in [5, 5.41) is 0. The summed E-state index contributed by atoms with van der Waals surface area (Å²) in [6.45, 7) is 0. The second-order valence-electron chi connectivity index (χ2n) is 0.711. The van der Waals surface area contributed by atoms with Crippen LogP contribution in [0.2, 0.25) is 0 Å². The SMILES string of the molecule is COC(=O)C#CI. The Labute approximate surface area is 55.4 Å². The number of hydrogen-bond acceptors (Lipinski definition) is 2. The molecular weight excluding hydrogens is 207 g/mol. The third kappa shape index (κ3) is 3.59. The Balaban J connectivity index is 3.52. The first-order valence-electron chi connectivity index (χ1n) is 1.51. The molecule has 0 aliphatic heterocycles. The molecule has 0 amide bonds. The van der Waals surface area contributed by atoms with E-state index in [1.54, 1.807) is 22.6 Å². The van der Waals surface area contributed by atoms with Crippen molar-refractivity contribution >= 4 is 28.6 Å². The molecule has 0 unspecified atom stereocenters. The van der Waals surface area contributed by atoms with Crippen LogP contribution in [0.5, 0.6) is 0 Å². The number of carbonyl (C=O) groups is 1. The van der Waals surface area contributed by atoms with E-state index in [0.29, 0.717) is 0 Å². The molecule has 38 valence electrons. The van der Waals surface area contributed by atoms with Crippen molar-refractivity contribution in [1.29, 1.82) is 0 Å². The molecule has 0 fully saturated rings. The van der Waals surface area contributed by atoms with Crippen molar-refractivity contribution in [3.05, 3.63) is 0 Å². The van der Waals surface area contributed by atoms with Crippen molar-refractivity contribution in [2.75, 3.05) is 7.11 Å². The Morgan fingerprint density at radius 2 is 2.43 bits per heavy atom. The molecule has 0 heterocycles. The lowest BCUT2D eigenvalue weighted by atomic mass is 10.7. The van der Waals surface area contributed by atoms with E-state index in [2.05, 4.69) is 14.6 Å². The first kappa shape index (κ1) is 6.76. The molecule has 0 bridgehead atoms. The lowest BCUT2D eigenvalue weighted by molar-refractivity contribution is -0.133. The third-order valence-electron chi connectivity index (χ3n) is 0.335. The maximum absolute atomic E-state index is 10.0. The van der Waals surface area contributed by atoms with Crippen molar-refractivity contribution in [3.8, 4) is 9.85 Å². The standard InChI is InChI=1S/C4H3IO2/c1-7-4(6)2-3-5/h1H3. The number of esters is 1. The number of rotatable bonds is 0. The minimum absolute atomic E-state index is 0.491. The second-order valence-corrected chi connectivity index (χ2v) is 1.25. The summed E-state index contributed by atoms with van der Waals surface area (Å²) in [5.74, 6) is 1.68. The predicted molar refractivity (Wildman–Crippen MR) is 33.8 cm³/mol. The summed E-state index contributed by atoms with van der Waals surface area (Å²) in [6.07, 6.45) is 0. The molecule has 0 aliphatic rings. The van der Waals surface area contributed by atoms with E-state index < -0.39 is 5.97 Å². The number of carbonyl (C=O) groups excluding carboxylic acids is 1. The third-order valence-corrected chi connectivity index (χ3v) is 0.604. The van der Waals surface area contributed by atoms with Gasteiger partial charge in [-0.25, -0.2) is 4.79 Å². The molecule has 2 nitrogen and oxygen atoms in total. The molecule has 0 N–H and O–H groups in total.